The largest absolute Gasteiger partial charge is 0.481 e. The maximum Gasteiger partial charge on any atom is 0.305 e. The number of rotatable bonds is 22. The van der Waals surface area contributed by atoms with Crippen molar-refractivity contribution >= 4 is 53.3 Å². The van der Waals surface area contributed by atoms with Crippen LogP contribution < -0.4 is 50.4 Å². The minimum Gasteiger partial charge on any atom is -0.481 e. The van der Waals surface area contributed by atoms with Gasteiger partial charge < -0.3 is 60.4 Å². The molecule has 0 bridgehead atoms. The van der Waals surface area contributed by atoms with E-state index in [4.69, 9.17) is 39.5 Å². The molecule has 0 fully saturated rings. The Kier molecular flexibility index (Phi) is 18.3. The molecule has 0 aromatic carbocycles. The number of carboxylic acid groups (broad SMARTS) is 1. The number of guanidine groups is 2. The molecule has 0 spiro atoms. The monoisotopic (exact) mass is 642 g/mol. The molecule has 20 nitrogen and oxygen atoms in total. The Bertz CT molecular complexity index is 1120. The van der Waals surface area contributed by atoms with Gasteiger partial charge in [-0.2, -0.15) is 0 Å². The van der Waals surface area contributed by atoms with Crippen molar-refractivity contribution in [3.05, 3.63) is 0 Å². The maximum absolute atomic E-state index is 13.6. The molecule has 0 saturated heterocycles. The van der Waals surface area contributed by atoms with Crippen LogP contribution in [0.3, 0.4) is 0 Å². The maximum atomic E-state index is 13.6. The van der Waals surface area contributed by atoms with E-state index in [0.717, 1.165) is 0 Å². The molecule has 0 radical (unpaired) electrons. The Hall–Kier alpha value is -5.17. The van der Waals surface area contributed by atoms with Gasteiger partial charge in [0.25, 0.3) is 0 Å². The minimum absolute atomic E-state index is 0.00316. The first-order valence-corrected chi connectivity index (χ1v) is 14.0. The zero-order valence-electron chi connectivity index (χ0n) is 25.5. The van der Waals surface area contributed by atoms with Crippen LogP contribution in [0.5, 0.6) is 0 Å². The zero-order valence-corrected chi connectivity index (χ0v) is 25.5. The lowest BCUT2D eigenvalue weighted by Crippen LogP contribution is -2.54. The predicted molar refractivity (Wildman–Crippen MR) is 162 cm³/mol. The molecule has 0 heterocycles. The topological polar surface area (TPSA) is 360 Å². The summed E-state index contributed by atoms with van der Waals surface area (Å²) in [4.78, 5) is 94.7. The van der Waals surface area contributed by atoms with E-state index in [-0.39, 0.29) is 56.7 Å². The summed E-state index contributed by atoms with van der Waals surface area (Å²) in [6.07, 6.45) is -1.00. The van der Waals surface area contributed by atoms with Gasteiger partial charge in [-0.15, -0.1) is 0 Å². The smallest absolute Gasteiger partial charge is 0.305 e. The highest BCUT2D eigenvalue weighted by atomic mass is 16.4. The predicted octanol–water partition coefficient (Wildman–Crippen LogP) is -5.13. The molecule has 254 valence electrons. The molecule has 16 N–H and O–H groups in total. The third-order valence-electron chi connectivity index (χ3n) is 5.81. The molecule has 20 heteroatoms. The molecule has 0 aromatic rings. The highest BCUT2D eigenvalue weighted by Crippen LogP contribution is 2.08. The molecular formula is C25H46N12O8. The second-order valence-electron chi connectivity index (χ2n) is 10.4. The van der Waals surface area contributed by atoms with Crippen LogP contribution in [0.15, 0.2) is 9.98 Å². The lowest BCUT2D eigenvalue weighted by atomic mass is 10.1. The molecule has 45 heavy (non-hydrogen) atoms. The first kappa shape index (κ1) is 39.8. The van der Waals surface area contributed by atoms with Gasteiger partial charge in [-0.05, 0) is 31.6 Å². The third kappa shape index (κ3) is 18.9. The molecular weight excluding hydrogens is 596 g/mol. The summed E-state index contributed by atoms with van der Waals surface area (Å²) < 4.78 is 0. The van der Waals surface area contributed by atoms with Crippen LogP contribution in [0.25, 0.3) is 0 Å². The van der Waals surface area contributed by atoms with Crippen molar-refractivity contribution in [2.24, 2.45) is 50.3 Å². The fraction of sp³-hybridized carbons (Fsp3) is 0.640. The van der Waals surface area contributed by atoms with Gasteiger partial charge in [0.1, 0.15) is 24.5 Å². The number of primary amides is 2. The molecule has 0 aliphatic heterocycles. The van der Waals surface area contributed by atoms with Crippen LogP contribution in [0.1, 0.15) is 52.4 Å². The lowest BCUT2D eigenvalue weighted by Gasteiger charge is -2.29. The summed E-state index contributed by atoms with van der Waals surface area (Å²) in [5.74, 6) is -7.11. The summed E-state index contributed by atoms with van der Waals surface area (Å²) in [5, 5.41) is 15.9. The van der Waals surface area contributed by atoms with E-state index < -0.39 is 78.9 Å². The van der Waals surface area contributed by atoms with Gasteiger partial charge in [-0.3, -0.25) is 43.5 Å². The zero-order chi connectivity index (χ0) is 34.7. The summed E-state index contributed by atoms with van der Waals surface area (Å²) in [5.41, 5.74) is 31.8. The Balaban J connectivity index is 5.77. The van der Waals surface area contributed by atoms with Gasteiger partial charge in [0.2, 0.25) is 35.4 Å². The van der Waals surface area contributed by atoms with Crippen molar-refractivity contribution < 1.29 is 38.7 Å². The Morgan fingerprint density at radius 1 is 0.689 bits per heavy atom. The van der Waals surface area contributed by atoms with E-state index in [0.29, 0.717) is 6.42 Å². The molecule has 0 saturated carbocycles. The summed E-state index contributed by atoms with van der Waals surface area (Å²) in [7, 11) is 0. The van der Waals surface area contributed by atoms with Gasteiger partial charge in [0.05, 0.1) is 13.0 Å². The average Bonchev–Trinajstić information content (AvgIpc) is 2.89. The van der Waals surface area contributed by atoms with Crippen molar-refractivity contribution in [3.63, 3.8) is 0 Å². The van der Waals surface area contributed by atoms with E-state index in [1.807, 2.05) is 0 Å². The van der Waals surface area contributed by atoms with Crippen molar-refractivity contribution in [2.45, 2.75) is 70.5 Å². The van der Waals surface area contributed by atoms with Crippen LogP contribution in [0.4, 0.5) is 0 Å². The fourth-order valence-corrected chi connectivity index (χ4v) is 3.89. The Morgan fingerprint density at radius 2 is 1.13 bits per heavy atom. The van der Waals surface area contributed by atoms with Crippen molar-refractivity contribution in [1.82, 2.24) is 20.9 Å². The molecule has 0 aromatic heterocycles. The number of hydrogen-bond acceptors (Lipinski definition) is 9. The van der Waals surface area contributed by atoms with Gasteiger partial charge in [-0.25, -0.2) is 0 Å². The highest BCUT2D eigenvalue weighted by Gasteiger charge is 2.30. The van der Waals surface area contributed by atoms with E-state index >= 15 is 0 Å². The molecule has 0 aliphatic carbocycles. The van der Waals surface area contributed by atoms with E-state index in [1.165, 1.54) is 4.90 Å². The lowest BCUT2D eigenvalue weighted by molar-refractivity contribution is -0.141. The van der Waals surface area contributed by atoms with Gasteiger partial charge in [0.15, 0.2) is 11.9 Å². The van der Waals surface area contributed by atoms with Crippen molar-refractivity contribution in [2.75, 3.05) is 26.2 Å². The Morgan fingerprint density at radius 3 is 1.56 bits per heavy atom. The number of carboxylic acids is 1. The molecule has 0 rings (SSSR count). The number of amides is 6. The number of aliphatic imine (C=N–C) groups is 2. The van der Waals surface area contributed by atoms with Crippen LogP contribution in [-0.2, 0) is 33.6 Å². The van der Waals surface area contributed by atoms with Crippen LogP contribution in [0, 0.1) is 5.92 Å². The molecule has 0 aliphatic rings. The number of nitrogens with zero attached hydrogens (tertiary/aromatic N) is 3. The fourth-order valence-electron chi connectivity index (χ4n) is 3.89. The normalized spacial score (nSPS) is 12.5. The summed E-state index contributed by atoms with van der Waals surface area (Å²) in [6, 6.07) is -3.87. The van der Waals surface area contributed by atoms with Crippen LogP contribution in [0.2, 0.25) is 0 Å². The second kappa shape index (κ2) is 20.7. The average molecular weight is 643 g/mol. The second-order valence-corrected chi connectivity index (χ2v) is 10.4. The van der Waals surface area contributed by atoms with Gasteiger partial charge in [-0.1, -0.05) is 13.8 Å². The number of nitrogens with one attached hydrogen (secondary N) is 3. The highest BCUT2D eigenvalue weighted by molar-refractivity contribution is 6.01. The van der Waals surface area contributed by atoms with Crippen LogP contribution in [-0.4, -0.2) is 108 Å². The van der Waals surface area contributed by atoms with Crippen molar-refractivity contribution in [3.8, 4) is 0 Å². The molecule has 3 unspecified atom stereocenters. The van der Waals surface area contributed by atoms with E-state index in [1.54, 1.807) is 13.8 Å². The van der Waals surface area contributed by atoms with Crippen molar-refractivity contribution in [1.29, 1.82) is 0 Å². The Labute approximate surface area is 260 Å². The number of aliphatic carboxylic acids is 1. The first-order valence-electron chi connectivity index (χ1n) is 14.0. The van der Waals surface area contributed by atoms with Crippen LogP contribution >= 0.6 is 0 Å². The van der Waals surface area contributed by atoms with E-state index in [2.05, 4.69) is 25.9 Å². The molecule has 3 atom stereocenters. The SMILES string of the molecule is CC(C)CN(CC(=O)NC(CCCN=C(N)N)C(N)=O)C(=O)C(CCCN=C(N)N)NC(=O)CC(=O)NC(CC(=O)O)C(N)=O. The standard InChI is InChI=1S/C25H46N12O8/c1-13(2)11-37(12-19(40)34-14(21(26)43)5-3-7-32-24(28)29)23(45)15(6-4-8-33-25(30)31)35-17(38)10-18(39)36-16(22(27)44)9-20(41)42/h13-16H,3-12H2,1-2H3,(H2,26,43)(H2,27,44)(H,34,40)(H,35,38)(H,36,39)(H,41,42)(H4,28,29,32)(H4,30,31,33). The third-order valence-corrected chi connectivity index (χ3v) is 5.81. The number of nitrogens with two attached hydrogens (primary N) is 6. The van der Waals surface area contributed by atoms with E-state index in [9.17, 15) is 33.6 Å². The summed E-state index contributed by atoms with van der Waals surface area (Å²) >= 11 is 0. The molecule has 6 amide bonds. The number of hydrogen-bond donors (Lipinski definition) is 10. The number of carbonyl (C=O) groups excluding carboxylic acids is 6. The minimum atomic E-state index is -1.56. The first-order chi connectivity index (χ1) is 20.9. The van der Waals surface area contributed by atoms with Gasteiger partial charge >= 0.3 is 5.97 Å². The van der Waals surface area contributed by atoms with Gasteiger partial charge in [0, 0.05) is 19.6 Å². The number of carbonyl (C=O) groups is 7. The quantitative estimate of drug-likeness (QED) is 0.0229. The summed E-state index contributed by atoms with van der Waals surface area (Å²) in [6.45, 7) is 3.46.